The number of hydrazine groups is 2. The van der Waals surface area contributed by atoms with Gasteiger partial charge in [0.15, 0.2) is 11.6 Å². The van der Waals surface area contributed by atoms with Gasteiger partial charge in [0, 0.05) is 0 Å². The summed E-state index contributed by atoms with van der Waals surface area (Å²) in [4.78, 5) is 29.8. The van der Waals surface area contributed by atoms with Crippen LogP contribution in [0.15, 0.2) is 12.1 Å². The monoisotopic (exact) mass is 410 g/mol. The summed E-state index contributed by atoms with van der Waals surface area (Å²) in [7, 11) is 0. The molecule has 0 fully saturated rings. The molecule has 0 spiro atoms. The molecular formula is C14H12F6N6O2. The Morgan fingerprint density at radius 1 is 0.821 bits per heavy atom. The molecule has 1 aromatic carbocycles. The summed E-state index contributed by atoms with van der Waals surface area (Å²) < 4.78 is 73.9. The van der Waals surface area contributed by atoms with E-state index in [4.69, 9.17) is 0 Å². The molecule has 2 amide bonds. The quantitative estimate of drug-likeness (QED) is 0.455. The third kappa shape index (κ3) is 4.89. The standard InChI is InChI=1S/C14H12F6N6O2/c1-5-3-6(2)8-7(4-5)21-9(23-25-11(27)13(15,16)17)10(22-8)24-26-12(28)14(18,19)20/h3-4H,1-2H3,(H,21,23)(H,22,24)(H,25,27)(H,26,28). The first-order chi connectivity index (χ1) is 12.8. The van der Waals surface area contributed by atoms with Crippen molar-refractivity contribution in [2.45, 2.75) is 26.2 Å². The van der Waals surface area contributed by atoms with E-state index < -0.39 is 35.8 Å². The van der Waals surface area contributed by atoms with E-state index in [2.05, 4.69) is 9.97 Å². The minimum Gasteiger partial charge on any atom is -0.278 e. The molecule has 14 heteroatoms. The molecule has 0 unspecified atom stereocenters. The number of hydrogen-bond acceptors (Lipinski definition) is 6. The van der Waals surface area contributed by atoms with E-state index >= 15 is 0 Å². The SMILES string of the molecule is Cc1cc(C)c2nc(NNC(=O)C(F)(F)F)c(NNC(=O)C(F)(F)F)nc2c1. The number of halogens is 6. The van der Waals surface area contributed by atoms with Crippen molar-refractivity contribution in [2.24, 2.45) is 0 Å². The Morgan fingerprint density at radius 2 is 1.29 bits per heavy atom. The summed E-state index contributed by atoms with van der Waals surface area (Å²) in [5.41, 5.74) is 7.95. The normalized spacial score (nSPS) is 11.9. The smallest absolute Gasteiger partial charge is 0.278 e. The Kier molecular flexibility index (Phi) is 5.52. The lowest BCUT2D eigenvalue weighted by Gasteiger charge is -2.16. The molecule has 0 atom stereocenters. The maximum absolute atomic E-state index is 12.3. The lowest BCUT2D eigenvalue weighted by molar-refractivity contribution is -0.173. The summed E-state index contributed by atoms with van der Waals surface area (Å²) in [6.45, 7) is 3.34. The average Bonchev–Trinajstić information content (AvgIpc) is 2.55. The van der Waals surface area contributed by atoms with Crippen molar-refractivity contribution in [1.82, 2.24) is 20.8 Å². The molecule has 1 heterocycles. The van der Waals surface area contributed by atoms with Gasteiger partial charge in [-0.1, -0.05) is 6.07 Å². The zero-order chi connectivity index (χ0) is 21.3. The zero-order valence-corrected chi connectivity index (χ0v) is 14.1. The van der Waals surface area contributed by atoms with E-state index in [9.17, 15) is 35.9 Å². The molecule has 2 rings (SSSR count). The first-order valence-corrected chi connectivity index (χ1v) is 7.34. The fourth-order valence-electron chi connectivity index (χ4n) is 2.05. The number of rotatable bonds is 4. The molecule has 0 bridgehead atoms. The fourth-order valence-corrected chi connectivity index (χ4v) is 2.05. The third-order valence-corrected chi connectivity index (χ3v) is 3.21. The molecule has 2 aromatic rings. The number of anilines is 2. The predicted molar refractivity (Wildman–Crippen MR) is 84.7 cm³/mol. The Morgan fingerprint density at radius 3 is 1.75 bits per heavy atom. The lowest BCUT2D eigenvalue weighted by Crippen LogP contribution is -2.42. The van der Waals surface area contributed by atoms with Gasteiger partial charge < -0.3 is 0 Å². The van der Waals surface area contributed by atoms with Crippen LogP contribution in [0.1, 0.15) is 11.1 Å². The van der Waals surface area contributed by atoms with Crippen LogP contribution in [0.2, 0.25) is 0 Å². The van der Waals surface area contributed by atoms with E-state index in [-0.39, 0.29) is 11.0 Å². The highest BCUT2D eigenvalue weighted by atomic mass is 19.4. The second kappa shape index (κ2) is 7.36. The molecule has 0 aliphatic carbocycles. The van der Waals surface area contributed by atoms with Crippen molar-refractivity contribution in [2.75, 3.05) is 10.9 Å². The summed E-state index contributed by atoms with van der Waals surface area (Å²) in [5, 5.41) is 0. The first-order valence-electron chi connectivity index (χ1n) is 7.34. The van der Waals surface area contributed by atoms with Gasteiger partial charge in [-0.05, 0) is 31.0 Å². The fraction of sp³-hybridized carbons (Fsp3) is 0.286. The van der Waals surface area contributed by atoms with Crippen molar-refractivity contribution >= 4 is 34.5 Å². The number of carbonyl (C=O) groups is 2. The molecule has 0 saturated heterocycles. The van der Waals surface area contributed by atoms with Gasteiger partial charge in [-0.25, -0.2) is 9.97 Å². The topological polar surface area (TPSA) is 108 Å². The predicted octanol–water partition coefficient (Wildman–Crippen LogP) is 2.26. The maximum Gasteiger partial charge on any atom is 0.472 e. The Balaban J connectivity index is 2.40. The van der Waals surface area contributed by atoms with Gasteiger partial charge >= 0.3 is 24.2 Å². The molecule has 1 aromatic heterocycles. The number of fused-ring (bicyclic) bond motifs is 1. The summed E-state index contributed by atoms with van der Waals surface area (Å²) in [6, 6.07) is 3.21. The molecule has 0 saturated carbocycles. The largest absolute Gasteiger partial charge is 0.472 e. The third-order valence-electron chi connectivity index (χ3n) is 3.21. The van der Waals surface area contributed by atoms with Crippen LogP contribution >= 0.6 is 0 Å². The van der Waals surface area contributed by atoms with Crippen LogP contribution in [-0.2, 0) is 9.59 Å². The van der Waals surface area contributed by atoms with E-state index in [0.29, 0.717) is 5.56 Å². The van der Waals surface area contributed by atoms with Crippen LogP contribution in [0.3, 0.4) is 0 Å². The van der Waals surface area contributed by atoms with Crippen LogP contribution < -0.4 is 21.7 Å². The number of aromatic nitrogens is 2. The van der Waals surface area contributed by atoms with Gasteiger partial charge in [-0.3, -0.25) is 31.3 Å². The van der Waals surface area contributed by atoms with Gasteiger partial charge in [0.1, 0.15) is 0 Å². The second-order valence-corrected chi connectivity index (χ2v) is 5.52. The number of nitrogens with one attached hydrogen (secondary N) is 4. The zero-order valence-electron chi connectivity index (χ0n) is 14.1. The van der Waals surface area contributed by atoms with Gasteiger partial charge in [-0.2, -0.15) is 26.3 Å². The number of alkyl halides is 6. The number of nitrogens with zero attached hydrogens (tertiary/aromatic N) is 2. The van der Waals surface area contributed by atoms with E-state index in [0.717, 1.165) is 5.56 Å². The molecule has 28 heavy (non-hydrogen) atoms. The molecule has 152 valence electrons. The van der Waals surface area contributed by atoms with Crippen LogP contribution in [-0.4, -0.2) is 34.1 Å². The van der Waals surface area contributed by atoms with Gasteiger partial charge in [-0.15, -0.1) is 0 Å². The Labute approximate surface area is 152 Å². The number of aryl methyl sites for hydroxylation is 2. The van der Waals surface area contributed by atoms with Gasteiger partial charge in [0.2, 0.25) is 0 Å². The second-order valence-electron chi connectivity index (χ2n) is 5.52. The van der Waals surface area contributed by atoms with Crippen LogP contribution in [0.4, 0.5) is 38.0 Å². The van der Waals surface area contributed by atoms with Crippen molar-refractivity contribution < 1.29 is 35.9 Å². The van der Waals surface area contributed by atoms with Crippen LogP contribution in [0, 0.1) is 13.8 Å². The van der Waals surface area contributed by atoms with Crippen molar-refractivity contribution in [3.05, 3.63) is 23.3 Å². The minimum atomic E-state index is -5.22. The molecular weight excluding hydrogens is 398 g/mol. The highest BCUT2D eigenvalue weighted by Crippen LogP contribution is 2.24. The molecule has 0 aliphatic heterocycles. The van der Waals surface area contributed by atoms with Gasteiger partial charge in [0.25, 0.3) is 0 Å². The van der Waals surface area contributed by atoms with E-state index in [1.54, 1.807) is 19.9 Å². The van der Waals surface area contributed by atoms with Gasteiger partial charge in [0.05, 0.1) is 11.0 Å². The van der Waals surface area contributed by atoms with Crippen molar-refractivity contribution in [3.63, 3.8) is 0 Å². The molecule has 8 nitrogen and oxygen atoms in total. The molecule has 0 aliphatic rings. The Hall–Kier alpha value is -3.32. The van der Waals surface area contributed by atoms with E-state index in [1.165, 1.54) is 16.9 Å². The summed E-state index contributed by atoms with van der Waals surface area (Å²) in [5.74, 6) is -5.86. The summed E-state index contributed by atoms with van der Waals surface area (Å²) >= 11 is 0. The van der Waals surface area contributed by atoms with Crippen LogP contribution in [0.25, 0.3) is 11.0 Å². The maximum atomic E-state index is 12.3. The van der Waals surface area contributed by atoms with Crippen molar-refractivity contribution in [3.8, 4) is 0 Å². The number of benzene rings is 1. The number of amides is 2. The number of hydrogen-bond donors (Lipinski definition) is 4. The van der Waals surface area contributed by atoms with E-state index in [1.807, 2.05) is 10.9 Å². The average molecular weight is 410 g/mol. The minimum absolute atomic E-state index is 0.189. The first kappa shape index (κ1) is 21.0. The van der Waals surface area contributed by atoms with Crippen molar-refractivity contribution in [1.29, 1.82) is 0 Å². The molecule has 0 radical (unpaired) electrons. The lowest BCUT2D eigenvalue weighted by atomic mass is 10.1. The summed E-state index contributed by atoms with van der Waals surface area (Å²) in [6.07, 6.45) is -10.4. The highest BCUT2D eigenvalue weighted by molar-refractivity contribution is 5.87. The number of carbonyl (C=O) groups excluding carboxylic acids is 2. The molecule has 4 N–H and O–H groups in total. The highest BCUT2D eigenvalue weighted by Gasteiger charge is 2.40. The Bertz CT molecular complexity index is 927. The van der Waals surface area contributed by atoms with Crippen LogP contribution in [0.5, 0.6) is 0 Å².